The van der Waals surface area contributed by atoms with Crippen LogP contribution in [0, 0.1) is 10.1 Å². The number of aromatic nitrogens is 1. The Morgan fingerprint density at radius 2 is 2.28 bits per heavy atom. The Labute approximate surface area is 107 Å². The molecule has 0 aliphatic carbocycles. The average molecular weight is 272 g/mol. The molecule has 0 amide bonds. The van der Waals surface area contributed by atoms with Gasteiger partial charge in [0.2, 0.25) is 0 Å². The van der Waals surface area contributed by atoms with E-state index in [0.717, 1.165) is 0 Å². The van der Waals surface area contributed by atoms with Crippen LogP contribution in [-0.4, -0.2) is 32.2 Å². The number of hydrogen-bond donors (Lipinski definition) is 2. The summed E-state index contributed by atoms with van der Waals surface area (Å²) in [6.07, 6.45) is 2.32. The van der Waals surface area contributed by atoms with Crippen molar-refractivity contribution in [2.45, 2.75) is 19.4 Å². The second-order valence-electron chi connectivity index (χ2n) is 4.00. The summed E-state index contributed by atoms with van der Waals surface area (Å²) in [6, 6.07) is 2.55. The quantitative estimate of drug-likeness (QED) is 0.593. The van der Waals surface area contributed by atoms with Crippen LogP contribution in [0.3, 0.4) is 0 Å². The minimum Gasteiger partial charge on any atom is -0.383 e. The van der Waals surface area contributed by atoms with Gasteiger partial charge in [0.05, 0.1) is 17.1 Å². The number of hydrogen-bond acceptors (Lipinski definition) is 6. The fourth-order valence-electron chi connectivity index (χ4n) is 1.38. The van der Waals surface area contributed by atoms with Crippen LogP contribution >= 0.6 is 0 Å². The Morgan fingerprint density at radius 3 is 2.83 bits per heavy atom. The summed E-state index contributed by atoms with van der Waals surface area (Å²) in [5.41, 5.74) is 5.39. The summed E-state index contributed by atoms with van der Waals surface area (Å²) in [5, 5.41) is 13.7. The van der Waals surface area contributed by atoms with Crippen LogP contribution in [0.1, 0.15) is 13.3 Å². The van der Waals surface area contributed by atoms with Crippen molar-refractivity contribution in [3.63, 3.8) is 0 Å². The first kappa shape index (κ1) is 14.4. The third-order valence-corrected chi connectivity index (χ3v) is 3.08. The molecule has 0 aromatic carbocycles. The molecule has 0 saturated heterocycles. The third-order valence-electron chi connectivity index (χ3n) is 2.27. The zero-order valence-electron chi connectivity index (χ0n) is 10.3. The van der Waals surface area contributed by atoms with Gasteiger partial charge < -0.3 is 11.1 Å². The van der Waals surface area contributed by atoms with E-state index < -0.39 is 15.7 Å². The van der Waals surface area contributed by atoms with Crippen molar-refractivity contribution in [1.82, 2.24) is 4.98 Å². The fourth-order valence-corrected chi connectivity index (χ4v) is 2.07. The topological polar surface area (TPSA) is 111 Å². The lowest BCUT2D eigenvalue weighted by Crippen LogP contribution is -2.19. The van der Waals surface area contributed by atoms with Crippen molar-refractivity contribution in [2.75, 3.05) is 23.1 Å². The van der Waals surface area contributed by atoms with Crippen molar-refractivity contribution in [3.8, 4) is 0 Å². The molecule has 0 spiro atoms. The van der Waals surface area contributed by atoms with E-state index in [0.29, 0.717) is 18.0 Å². The molecule has 3 N–H and O–H groups in total. The molecule has 0 fully saturated rings. The molecule has 1 aromatic heterocycles. The summed E-state index contributed by atoms with van der Waals surface area (Å²) in [4.78, 5) is 14.1. The van der Waals surface area contributed by atoms with Crippen LogP contribution in [0.25, 0.3) is 0 Å². The monoisotopic (exact) mass is 272 g/mol. The second-order valence-corrected chi connectivity index (χ2v) is 5.56. The molecule has 0 aliphatic heterocycles. The lowest BCUT2D eigenvalue weighted by Gasteiger charge is -2.13. The van der Waals surface area contributed by atoms with Gasteiger partial charge in [0.1, 0.15) is 11.6 Å². The number of rotatable bonds is 6. The van der Waals surface area contributed by atoms with Gasteiger partial charge in [-0.1, -0.05) is 0 Å². The normalized spacial score (nSPS) is 13.9. The van der Waals surface area contributed by atoms with Gasteiger partial charge in [0.25, 0.3) is 5.69 Å². The maximum atomic E-state index is 11.0. The Morgan fingerprint density at radius 1 is 1.61 bits per heavy atom. The van der Waals surface area contributed by atoms with Crippen molar-refractivity contribution in [3.05, 3.63) is 22.2 Å². The van der Waals surface area contributed by atoms with E-state index in [9.17, 15) is 14.3 Å². The minimum absolute atomic E-state index is 0.0165. The first-order chi connectivity index (χ1) is 8.38. The molecule has 0 saturated carbocycles. The number of nitro groups is 1. The lowest BCUT2D eigenvalue weighted by molar-refractivity contribution is -0.384. The van der Waals surface area contributed by atoms with E-state index in [1.54, 1.807) is 6.26 Å². The van der Waals surface area contributed by atoms with Gasteiger partial charge in [-0.05, 0) is 13.3 Å². The van der Waals surface area contributed by atoms with Gasteiger partial charge in [-0.2, -0.15) is 0 Å². The smallest absolute Gasteiger partial charge is 0.276 e. The predicted molar refractivity (Wildman–Crippen MR) is 71.9 cm³/mol. The summed E-state index contributed by atoms with van der Waals surface area (Å²) in [6.45, 7) is 1.89. The van der Waals surface area contributed by atoms with Gasteiger partial charge in [0.15, 0.2) is 0 Å². The highest BCUT2D eigenvalue weighted by atomic mass is 32.2. The molecule has 0 radical (unpaired) electrons. The van der Waals surface area contributed by atoms with Crippen molar-refractivity contribution in [1.29, 1.82) is 0 Å². The Hall–Kier alpha value is -1.70. The number of nitrogens with one attached hydrogen (secondary N) is 1. The van der Waals surface area contributed by atoms with Gasteiger partial charge in [-0.15, -0.1) is 0 Å². The first-order valence-electron chi connectivity index (χ1n) is 5.37. The second kappa shape index (κ2) is 6.29. The minimum atomic E-state index is -0.854. The lowest BCUT2D eigenvalue weighted by atomic mass is 10.2. The van der Waals surface area contributed by atoms with Crippen molar-refractivity contribution < 1.29 is 9.13 Å². The molecule has 0 bridgehead atoms. The van der Waals surface area contributed by atoms with E-state index in [1.165, 1.54) is 12.1 Å². The average Bonchev–Trinajstić information content (AvgIpc) is 2.25. The van der Waals surface area contributed by atoms with Crippen LogP contribution in [-0.2, 0) is 10.8 Å². The predicted octanol–water partition coefficient (Wildman–Crippen LogP) is 1.14. The third kappa shape index (κ3) is 4.66. The molecular formula is C10H16N4O3S. The summed E-state index contributed by atoms with van der Waals surface area (Å²) < 4.78 is 11.0. The van der Waals surface area contributed by atoms with Crippen LogP contribution in [0.4, 0.5) is 17.3 Å². The highest BCUT2D eigenvalue weighted by molar-refractivity contribution is 7.84. The molecule has 2 unspecified atom stereocenters. The van der Waals surface area contributed by atoms with Crippen LogP contribution < -0.4 is 11.1 Å². The van der Waals surface area contributed by atoms with Gasteiger partial charge >= 0.3 is 0 Å². The standard InChI is InChI=1S/C10H16N4O3S/c1-7(3-4-18(2)17)12-10-6-8(14(15)16)5-9(11)13-10/h5-7H,3-4H2,1-2H3,(H3,11,12,13). The fraction of sp³-hybridized carbons (Fsp3) is 0.500. The van der Waals surface area contributed by atoms with Crippen molar-refractivity contribution in [2.24, 2.45) is 0 Å². The summed E-state index contributed by atoms with van der Waals surface area (Å²) in [5.74, 6) is 1.02. The number of nitrogen functional groups attached to an aromatic ring is 1. The maximum absolute atomic E-state index is 11.0. The summed E-state index contributed by atoms with van der Waals surface area (Å²) >= 11 is 0. The van der Waals surface area contributed by atoms with Gasteiger partial charge in [0, 0.05) is 28.9 Å². The molecule has 0 aliphatic rings. The molecule has 7 nitrogen and oxygen atoms in total. The summed E-state index contributed by atoms with van der Waals surface area (Å²) in [7, 11) is -0.854. The van der Waals surface area contributed by atoms with E-state index in [1.807, 2.05) is 6.92 Å². The molecule has 2 atom stereocenters. The number of pyridine rings is 1. The molecular weight excluding hydrogens is 256 g/mol. The first-order valence-corrected chi connectivity index (χ1v) is 7.09. The molecule has 100 valence electrons. The Bertz CT molecular complexity index is 466. The van der Waals surface area contributed by atoms with Crippen molar-refractivity contribution >= 4 is 28.1 Å². The van der Waals surface area contributed by atoms with Crippen LogP contribution in [0.5, 0.6) is 0 Å². The zero-order chi connectivity index (χ0) is 13.7. The molecule has 1 rings (SSSR count). The van der Waals surface area contributed by atoms with Gasteiger partial charge in [-0.25, -0.2) is 4.98 Å². The van der Waals surface area contributed by atoms with E-state index >= 15 is 0 Å². The van der Waals surface area contributed by atoms with Gasteiger partial charge in [-0.3, -0.25) is 14.3 Å². The maximum Gasteiger partial charge on any atom is 0.276 e. The molecule has 1 aromatic rings. The van der Waals surface area contributed by atoms with Crippen LogP contribution in [0.15, 0.2) is 12.1 Å². The number of nitrogens with two attached hydrogens (primary N) is 1. The van der Waals surface area contributed by atoms with Crippen LogP contribution in [0.2, 0.25) is 0 Å². The highest BCUT2D eigenvalue weighted by Gasteiger charge is 2.11. The molecule has 1 heterocycles. The SMILES string of the molecule is CC(CCS(C)=O)Nc1cc([N+](=O)[O-])cc(N)n1. The highest BCUT2D eigenvalue weighted by Crippen LogP contribution is 2.19. The number of anilines is 2. The molecule has 18 heavy (non-hydrogen) atoms. The Balaban J connectivity index is 2.72. The van der Waals surface area contributed by atoms with E-state index in [-0.39, 0.29) is 17.5 Å². The van der Waals surface area contributed by atoms with E-state index in [4.69, 9.17) is 5.73 Å². The largest absolute Gasteiger partial charge is 0.383 e. The molecule has 8 heteroatoms. The number of nitrogens with zero attached hydrogens (tertiary/aromatic N) is 2. The van der Waals surface area contributed by atoms with E-state index in [2.05, 4.69) is 10.3 Å². The Kier molecular flexibility index (Phi) is 5.02. The zero-order valence-corrected chi connectivity index (χ0v) is 11.1.